The standard InChI is InChI=1S/C50H82N8O17/c1-5-25(2)20-26(3)12-10-8-6-7-9-11-13-37(66)52-31-22-35(64)46(71)56-48(73)41-33(62)18-19-57(41)50(75)39(34(63)23-36(51)65)54-47(72)40(43(68)42(67)28-14-16-29(60)17-15-28)55-45(70)32-21-30(61)24-58(32)49(74)38(27(4)59)53-44(31)69/h14-17,25-27,30-35,38-43,46,49,59-64,67-68,71,74H,5-13,18-24H2,1-4H3,(H2,51,65)(H,52,66)(H,53,69)(H,54,72)(H,55,70)(H,56,73)/t25-,26+,27+,30+,31-,32-,33-,34+,35+,38-,39-,40-,41-,42-,43-,46+,49?/m0/s1. The Bertz CT molecular complexity index is 2050. The zero-order valence-electron chi connectivity index (χ0n) is 43.2. The summed E-state index contributed by atoms with van der Waals surface area (Å²) in [5.74, 6) is -7.20. The highest BCUT2D eigenvalue weighted by Gasteiger charge is 2.49. The third kappa shape index (κ3) is 18.0. The normalized spacial score (nSPS) is 30.2. The molecule has 3 aliphatic rings. The Morgan fingerprint density at radius 3 is 2.01 bits per heavy atom. The number of unbranched alkanes of at least 4 members (excludes halogenated alkanes) is 5. The van der Waals surface area contributed by atoms with Gasteiger partial charge in [0.05, 0.1) is 42.9 Å². The number of fused-ring (bicyclic) bond motifs is 2. The first kappa shape index (κ1) is 62.4. The van der Waals surface area contributed by atoms with E-state index in [1.807, 2.05) is 0 Å². The average molecular weight is 1070 g/mol. The zero-order valence-corrected chi connectivity index (χ0v) is 43.2. The maximum Gasteiger partial charge on any atom is 0.248 e. The van der Waals surface area contributed by atoms with Crippen LogP contribution in [0.15, 0.2) is 24.3 Å². The minimum absolute atomic E-state index is 0.0619. The van der Waals surface area contributed by atoms with Gasteiger partial charge in [-0.15, -0.1) is 0 Å². The molecule has 0 saturated carbocycles. The lowest BCUT2D eigenvalue weighted by atomic mass is 9.91. The molecule has 17 atom stereocenters. The molecule has 1 unspecified atom stereocenters. The lowest BCUT2D eigenvalue weighted by Crippen LogP contribution is -2.65. The Morgan fingerprint density at radius 1 is 0.760 bits per heavy atom. The summed E-state index contributed by atoms with van der Waals surface area (Å²) in [5, 5.41) is 123. The van der Waals surface area contributed by atoms with Gasteiger partial charge in [0, 0.05) is 25.9 Å². The Morgan fingerprint density at radius 2 is 1.39 bits per heavy atom. The molecule has 0 bridgehead atoms. The number of hydrogen-bond acceptors (Lipinski definition) is 18. The number of phenols is 1. The van der Waals surface area contributed by atoms with E-state index < -0.39 is 165 Å². The molecule has 3 heterocycles. The zero-order chi connectivity index (χ0) is 55.8. The van der Waals surface area contributed by atoms with Crippen molar-refractivity contribution < 1.29 is 84.6 Å². The summed E-state index contributed by atoms with van der Waals surface area (Å²) < 4.78 is 0. The molecule has 25 heteroatoms. The van der Waals surface area contributed by atoms with Crippen molar-refractivity contribution in [1.82, 2.24) is 36.4 Å². The first-order chi connectivity index (χ1) is 35.3. The van der Waals surface area contributed by atoms with E-state index in [0.29, 0.717) is 29.6 Å². The molecule has 4 rings (SSSR count). The fraction of sp³-hybridized carbons (Fsp3) is 0.740. The molecule has 3 saturated heterocycles. The van der Waals surface area contributed by atoms with Crippen LogP contribution in [0.25, 0.3) is 0 Å². The van der Waals surface area contributed by atoms with Crippen molar-refractivity contribution in [2.24, 2.45) is 17.6 Å². The lowest BCUT2D eigenvalue weighted by Gasteiger charge is -2.37. The maximum atomic E-state index is 14.4. The molecule has 3 fully saturated rings. The molecule has 1 aromatic rings. The van der Waals surface area contributed by atoms with Gasteiger partial charge in [0.2, 0.25) is 41.4 Å². The van der Waals surface area contributed by atoms with Gasteiger partial charge in [0.1, 0.15) is 54.5 Å². The van der Waals surface area contributed by atoms with Gasteiger partial charge in [-0.2, -0.15) is 0 Å². The van der Waals surface area contributed by atoms with E-state index in [4.69, 9.17) is 5.73 Å². The fourth-order valence-electron chi connectivity index (χ4n) is 9.97. The monoisotopic (exact) mass is 1070 g/mol. The number of nitrogens with two attached hydrogens (primary N) is 1. The number of hydrogen-bond donors (Lipinski definition) is 16. The first-order valence-electron chi connectivity index (χ1n) is 26.1. The van der Waals surface area contributed by atoms with Crippen LogP contribution in [0.2, 0.25) is 0 Å². The number of benzene rings is 1. The van der Waals surface area contributed by atoms with E-state index in [9.17, 15) is 84.6 Å². The maximum absolute atomic E-state index is 14.4. The number of carbonyl (C=O) groups excluding carboxylic acids is 7. The van der Waals surface area contributed by atoms with Gasteiger partial charge in [-0.1, -0.05) is 77.8 Å². The number of carbonyl (C=O) groups is 7. The van der Waals surface area contributed by atoms with Gasteiger partial charge >= 0.3 is 0 Å². The van der Waals surface area contributed by atoms with Crippen LogP contribution in [-0.4, -0.2) is 201 Å². The highest BCUT2D eigenvalue weighted by molar-refractivity contribution is 5.96. The molecular weight excluding hydrogens is 985 g/mol. The summed E-state index contributed by atoms with van der Waals surface area (Å²) >= 11 is 0. The summed E-state index contributed by atoms with van der Waals surface area (Å²) in [5.41, 5.74) is 5.23. The molecule has 1 aromatic carbocycles. The number of aliphatic hydroxyl groups is 9. The Hall–Kier alpha value is -5.09. The van der Waals surface area contributed by atoms with Crippen molar-refractivity contribution in [2.75, 3.05) is 13.1 Å². The second-order valence-electron chi connectivity index (χ2n) is 20.8. The van der Waals surface area contributed by atoms with Crippen molar-refractivity contribution in [2.45, 2.75) is 209 Å². The molecule has 0 radical (unpaired) electrons. The first-order valence-corrected chi connectivity index (χ1v) is 26.1. The predicted octanol–water partition coefficient (Wildman–Crippen LogP) is -3.55. The van der Waals surface area contributed by atoms with E-state index in [1.54, 1.807) is 0 Å². The lowest BCUT2D eigenvalue weighted by molar-refractivity contribution is -0.149. The molecule has 3 aliphatic heterocycles. The molecule has 25 nitrogen and oxygen atoms in total. The summed E-state index contributed by atoms with van der Waals surface area (Å²) in [6, 6.07) is -6.94. The second-order valence-corrected chi connectivity index (χ2v) is 20.8. The minimum Gasteiger partial charge on any atom is -0.508 e. The van der Waals surface area contributed by atoms with Crippen molar-refractivity contribution >= 4 is 41.4 Å². The molecule has 0 aliphatic carbocycles. The predicted molar refractivity (Wildman–Crippen MR) is 266 cm³/mol. The smallest absolute Gasteiger partial charge is 0.248 e. The highest BCUT2D eigenvalue weighted by Crippen LogP contribution is 2.27. The minimum atomic E-state index is -2.34. The van der Waals surface area contributed by atoms with E-state index in [1.165, 1.54) is 25.5 Å². The number of rotatable bonds is 20. The van der Waals surface area contributed by atoms with E-state index in [0.717, 1.165) is 55.6 Å². The average Bonchev–Trinajstić information content (AvgIpc) is 3.95. The molecule has 7 amide bonds. The van der Waals surface area contributed by atoms with Crippen LogP contribution in [-0.2, 0) is 33.6 Å². The molecular formula is C50H82N8O17. The SMILES string of the molecule is CC[C@H](C)C[C@H](C)CCCCCCCCC(=O)N[C@H]1C[C@@H](O)[C@@H](O)NC(=O)[C@@H]2[C@@H](O)CCN2C(=O)[C@H]([C@H](O)CC(N)=O)NC(=O)[C@H]([C@H](O)[C@@H](O)c2ccc(O)cc2)NC(=O)[C@@H]2C[C@@H](O)CN2C(O)[C@H]([C@@H](C)O)NC1=O. The van der Waals surface area contributed by atoms with Crippen molar-refractivity contribution in [3.05, 3.63) is 29.8 Å². The molecule has 424 valence electrons. The van der Waals surface area contributed by atoms with E-state index in [2.05, 4.69) is 47.4 Å². The van der Waals surface area contributed by atoms with Crippen molar-refractivity contribution in [3.8, 4) is 5.75 Å². The van der Waals surface area contributed by atoms with Gasteiger partial charge in [-0.05, 0) is 62.1 Å². The van der Waals surface area contributed by atoms with Gasteiger partial charge in [0.25, 0.3) is 0 Å². The summed E-state index contributed by atoms with van der Waals surface area (Å²) in [7, 11) is 0. The largest absolute Gasteiger partial charge is 0.508 e. The molecule has 75 heavy (non-hydrogen) atoms. The van der Waals surface area contributed by atoms with Crippen LogP contribution in [0, 0.1) is 11.8 Å². The number of nitrogens with zero attached hydrogens (tertiary/aromatic N) is 2. The summed E-state index contributed by atoms with van der Waals surface area (Å²) in [6.07, 6.45) is -11.8. The third-order valence-electron chi connectivity index (χ3n) is 14.5. The molecule has 0 spiro atoms. The van der Waals surface area contributed by atoms with E-state index in [-0.39, 0.29) is 24.2 Å². The van der Waals surface area contributed by atoms with Crippen molar-refractivity contribution in [1.29, 1.82) is 0 Å². The van der Waals surface area contributed by atoms with Crippen molar-refractivity contribution in [3.63, 3.8) is 0 Å². The van der Waals surface area contributed by atoms with Gasteiger partial charge in [-0.25, -0.2) is 0 Å². The Kier molecular flexibility index (Phi) is 24.5. The quantitative estimate of drug-likeness (QED) is 0.0562. The van der Waals surface area contributed by atoms with Gasteiger partial charge in [-0.3, -0.25) is 38.5 Å². The number of aromatic hydroxyl groups is 1. The summed E-state index contributed by atoms with van der Waals surface area (Å²) in [4.78, 5) is 98.3. The molecule has 17 N–H and O–H groups in total. The van der Waals surface area contributed by atoms with Crippen LogP contribution in [0.3, 0.4) is 0 Å². The highest BCUT2D eigenvalue weighted by atomic mass is 16.3. The molecule has 0 aromatic heterocycles. The van der Waals surface area contributed by atoms with E-state index >= 15 is 0 Å². The van der Waals surface area contributed by atoms with Gasteiger partial charge in [0.15, 0.2) is 6.23 Å². The topological polar surface area (TPSA) is 414 Å². The number of primary amides is 1. The Balaban J connectivity index is 1.69. The Labute approximate surface area is 436 Å². The number of nitrogens with one attached hydrogen (secondary N) is 5. The third-order valence-corrected chi connectivity index (χ3v) is 14.5. The van der Waals surface area contributed by atoms with Crippen LogP contribution >= 0.6 is 0 Å². The number of amides is 7. The number of aliphatic hydroxyl groups excluding tert-OH is 9. The fourth-order valence-corrected chi connectivity index (χ4v) is 9.97. The van der Waals surface area contributed by atoms with Crippen LogP contribution in [0.4, 0.5) is 0 Å². The van der Waals surface area contributed by atoms with Crippen LogP contribution in [0.1, 0.15) is 129 Å². The van der Waals surface area contributed by atoms with Gasteiger partial charge < -0.3 is 88.3 Å². The number of phenolic OH excluding ortho intramolecular Hbond substituents is 1. The van der Waals surface area contributed by atoms with Crippen LogP contribution < -0.4 is 32.3 Å². The van der Waals surface area contributed by atoms with Crippen LogP contribution in [0.5, 0.6) is 5.75 Å². The second kappa shape index (κ2) is 29.4. The summed E-state index contributed by atoms with van der Waals surface area (Å²) in [6.45, 7) is 6.94.